The van der Waals surface area contributed by atoms with Gasteiger partial charge in [-0.2, -0.15) is 0 Å². The Morgan fingerprint density at radius 2 is 1.73 bits per heavy atom. The average Bonchev–Trinajstić information content (AvgIpc) is 3.35. The zero-order valence-electron chi connectivity index (χ0n) is 22.8. The second-order valence-electron chi connectivity index (χ2n) is 9.90. The summed E-state index contributed by atoms with van der Waals surface area (Å²) >= 11 is 0. The van der Waals surface area contributed by atoms with Crippen molar-refractivity contribution in [2.75, 3.05) is 19.8 Å². The monoisotopic (exact) mass is 536 g/mol. The molecule has 4 aromatic rings. The number of unbranched alkanes of at least 4 members (excludes halogenated alkanes) is 2. The van der Waals surface area contributed by atoms with Gasteiger partial charge in [0.25, 0.3) is 0 Å². The van der Waals surface area contributed by atoms with Gasteiger partial charge in [0.1, 0.15) is 29.4 Å². The van der Waals surface area contributed by atoms with Crippen molar-refractivity contribution in [3.05, 3.63) is 102 Å². The van der Waals surface area contributed by atoms with Crippen molar-refractivity contribution in [1.29, 1.82) is 0 Å². The highest BCUT2D eigenvalue weighted by Gasteiger charge is 2.28. The fourth-order valence-electron chi connectivity index (χ4n) is 4.84. The van der Waals surface area contributed by atoms with E-state index < -0.39 is 0 Å². The summed E-state index contributed by atoms with van der Waals surface area (Å²) in [5.74, 6) is 1.85. The number of hydrogen-bond donors (Lipinski definition) is 0. The molecule has 1 aromatic heterocycles. The van der Waals surface area contributed by atoms with Crippen molar-refractivity contribution in [3.63, 3.8) is 0 Å². The standard InChI is InChI=1S/C34H32O6/c1-22-19-24(3)39-33-28(22)15-16-29-31(33)30(25-11-6-4-7-12-25)34(40-29)32(36)26-13-10-14-27(20-26)38-18-9-5-8-17-37-21-23(2)35/h4,6-7,10-16,19-20H,3,5,8-9,17-18,21H2,1-2H3. The van der Waals surface area contributed by atoms with Gasteiger partial charge in [0.15, 0.2) is 11.5 Å². The molecule has 1 aliphatic heterocycles. The molecular weight excluding hydrogens is 504 g/mol. The molecule has 3 aromatic carbocycles. The molecule has 0 fully saturated rings. The van der Waals surface area contributed by atoms with Crippen LogP contribution in [0.1, 0.15) is 54.8 Å². The molecule has 0 unspecified atom stereocenters. The molecule has 0 saturated carbocycles. The number of carbonyl (C=O) groups is 2. The molecular formula is C34H32O6. The zero-order chi connectivity index (χ0) is 28.1. The fourth-order valence-corrected chi connectivity index (χ4v) is 4.84. The number of ketones is 2. The maximum Gasteiger partial charge on any atom is 0.229 e. The third-order valence-corrected chi connectivity index (χ3v) is 6.72. The molecule has 0 N–H and O–H groups in total. The summed E-state index contributed by atoms with van der Waals surface area (Å²) < 4.78 is 23.6. The summed E-state index contributed by atoms with van der Waals surface area (Å²) in [6, 6.07) is 20.7. The summed E-state index contributed by atoms with van der Waals surface area (Å²) in [7, 11) is 0. The van der Waals surface area contributed by atoms with Crippen LogP contribution in [0.5, 0.6) is 11.5 Å². The van der Waals surface area contributed by atoms with Crippen molar-refractivity contribution < 1.29 is 28.2 Å². The highest BCUT2D eigenvalue weighted by molar-refractivity contribution is 6.17. The average molecular weight is 537 g/mol. The molecule has 0 aliphatic carbocycles. The third kappa shape index (κ3) is 5.92. The fraction of sp³-hybridized carbons (Fsp3) is 0.235. The minimum absolute atomic E-state index is 0.0298. The van der Waals surface area contributed by atoms with E-state index in [9.17, 15) is 9.59 Å². The highest BCUT2D eigenvalue weighted by atomic mass is 16.5. The lowest BCUT2D eigenvalue weighted by molar-refractivity contribution is -0.121. The van der Waals surface area contributed by atoms with E-state index in [0.29, 0.717) is 47.2 Å². The van der Waals surface area contributed by atoms with Crippen LogP contribution in [-0.4, -0.2) is 31.4 Å². The number of hydrogen-bond acceptors (Lipinski definition) is 6. The minimum Gasteiger partial charge on any atom is -0.494 e. The van der Waals surface area contributed by atoms with Gasteiger partial charge in [-0.3, -0.25) is 9.59 Å². The van der Waals surface area contributed by atoms with Crippen molar-refractivity contribution in [2.24, 2.45) is 0 Å². The predicted octanol–water partition coefficient (Wildman–Crippen LogP) is 7.79. The van der Waals surface area contributed by atoms with Crippen molar-refractivity contribution in [2.45, 2.75) is 33.1 Å². The van der Waals surface area contributed by atoms with Crippen LogP contribution in [0.15, 0.2) is 89.6 Å². The van der Waals surface area contributed by atoms with Gasteiger partial charge >= 0.3 is 0 Å². The number of carbonyl (C=O) groups excluding carboxylic acids is 2. The van der Waals surface area contributed by atoms with Crippen LogP contribution in [0.3, 0.4) is 0 Å². The van der Waals surface area contributed by atoms with Gasteiger partial charge in [0.2, 0.25) is 5.78 Å². The first-order chi connectivity index (χ1) is 19.4. The molecule has 0 radical (unpaired) electrons. The molecule has 2 heterocycles. The van der Waals surface area contributed by atoms with Crippen LogP contribution in [0.4, 0.5) is 0 Å². The minimum atomic E-state index is -0.237. The molecule has 0 amide bonds. The van der Waals surface area contributed by atoms with Gasteiger partial charge in [-0.05, 0) is 74.6 Å². The maximum absolute atomic E-state index is 13.9. The predicted molar refractivity (Wildman–Crippen MR) is 156 cm³/mol. The van der Waals surface area contributed by atoms with Crippen molar-refractivity contribution >= 4 is 28.1 Å². The van der Waals surface area contributed by atoms with E-state index in [4.69, 9.17) is 18.6 Å². The molecule has 0 bridgehead atoms. The Bertz CT molecular complexity index is 1590. The maximum atomic E-state index is 13.9. The van der Waals surface area contributed by atoms with Crippen molar-refractivity contribution in [3.8, 4) is 22.6 Å². The highest BCUT2D eigenvalue weighted by Crippen LogP contribution is 2.46. The molecule has 6 heteroatoms. The molecule has 0 atom stereocenters. The molecule has 6 nitrogen and oxygen atoms in total. The Morgan fingerprint density at radius 1 is 0.925 bits per heavy atom. The quantitative estimate of drug-likeness (QED) is 0.136. The molecule has 5 rings (SSSR count). The topological polar surface area (TPSA) is 75.0 Å². The van der Waals surface area contributed by atoms with E-state index >= 15 is 0 Å². The Labute approximate surface area is 233 Å². The van der Waals surface area contributed by atoms with Gasteiger partial charge in [0, 0.05) is 23.3 Å². The number of furan rings is 1. The number of rotatable bonds is 12. The lowest BCUT2D eigenvalue weighted by atomic mass is 9.94. The molecule has 0 saturated heterocycles. The summed E-state index contributed by atoms with van der Waals surface area (Å²) in [5.41, 5.74) is 4.58. The van der Waals surface area contributed by atoms with E-state index in [0.717, 1.165) is 41.3 Å². The normalized spacial score (nSPS) is 12.6. The summed E-state index contributed by atoms with van der Waals surface area (Å²) in [4.78, 5) is 24.9. The van der Waals surface area contributed by atoms with E-state index in [1.807, 2.05) is 67.6 Å². The molecule has 40 heavy (non-hydrogen) atoms. The first kappa shape index (κ1) is 27.2. The largest absolute Gasteiger partial charge is 0.494 e. The Balaban J connectivity index is 1.40. The first-order valence-electron chi connectivity index (χ1n) is 13.5. The first-order valence-corrected chi connectivity index (χ1v) is 13.5. The third-order valence-electron chi connectivity index (χ3n) is 6.72. The number of benzene rings is 3. The van der Waals surface area contributed by atoms with Crippen LogP contribution in [0.25, 0.3) is 27.7 Å². The van der Waals surface area contributed by atoms with Crippen LogP contribution < -0.4 is 9.47 Å². The summed E-state index contributed by atoms with van der Waals surface area (Å²) in [5, 5.41) is 0.750. The molecule has 1 aliphatic rings. The Kier molecular flexibility index (Phi) is 8.27. The summed E-state index contributed by atoms with van der Waals surface area (Å²) in [6.45, 7) is 8.77. The number of allylic oxidation sites excluding steroid dienone is 2. The van der Waals surface area contributed by atoms with Gasteiger partial charge in [-0.15, -0.1) is 0 Å². The van der Waals surface area contributed by atoms with Gasteiger partial charge in [-0.25, -0.2) is 0 Å². The van der Waals surface area contributed by atoms with Gasteiger partial charge in [0.05, 0.1) is 12.0 Å². The number of ether oxygens (including phenoxy) is 3. The van der Waals surface area contributed by atoms with Crippen LogP contribution in [-0.2, 0) is 9.53 Å². The van der Waals surface area contributed by atoms with E-state index in [-0.39, 0.29) is 23.9 Å². The lowest BCUT2D eigenvalue weighted by Gasteiger charge is -2.18. The van der Waals surface area contributed by atoms with Crippen LogP contribution in [0, 0.1) is 0 Å². The molecule has 0 spiro atoms. The van der Waals surface area contributed by atoms with E-state index in [1.165, 1.54) is 6.92 Å². The zero-order valence-corrected chi connectivity index (χ0v) is 22.8. The SMILES string of the molecule is C=C1C=C(C)c2ccc3oc(C(=O)c4cccc(OCCCCCOCC(C)=O)c4)c(-c4ccccc4)c3c2O1. The summed E-state index contributed by atoms with van der Waals surface area (Å²) in [6.07, 6.45) is 4.52. The van der Waals surface area contributed by atoms with Crippen LogP contribution in [0.2, 0.25) is 0 Å². The lowest BCUT2D eigenvalue weighted by Crippen LogP contribution is -2.06. The van der Waals surface area contributed by atoms with Crippen molar-refractivity contribution in [1.82, 2.24) is 0 Å². The van der Waals surface area contributed by atoms with Gasteiger partial charge in [-0.1, -0.05) is 49.0 Å². The van der Waals surface area contributed by atoms with Crippen LogP contribution >= 0.6 is 0 Å². The van der Waals surface area contributed by atoms with E-state index in [1.54, 1.807) is 12.1 Å². The Morgan fingerprint density at radius 3 is 2.52 bits per heavy atom. The number of Topliss-reactive ketones (excluding diaryl/α,β-unsaturated/α-hetero) is 1. The molecule has 204 valence electrons. The smallest absolute Gasteiger partial charge is 0.229 e. The van der Waals surface area contributed by atoms with E-state index in [2.05, 4.69) is 6.58 Å². The second kappa shape index (κ2) is 12.2. The number of fused-ring (bicyclic) bond motifs is 3. The second-order valence-corrected chi connectivity index (χ2v) is 9.90. The van der Waals surface area contributed by atoms with Gasteiger partial charge < -0.3 is 18.6 Å². The Hall–Kier alpha value is -4.42.